The molecule has 0 aliphatic carbocycles. The van der Waals surface area contributed by atoms with Crippen molar-refractivity contribution in [3.63, 3.8) is 0 Å². The molecule has 3 atom stereocenters. The van der Waals surface area contributed by atoms with Crippen LogP contribution in [0.25, 0.3) is 0 Å². The van der Waals surface area contributed by atoms with E-state index in [0.29, 0.717) is 0 Å². The lowest BCUT2D eigenvalue weighted by molar-refractivity contribution is -0.153. The molecule has 1 amide bonds. The first-order chi connectivity index (χ1) is 10.2. The molecule has 1 aliphatic rings. The van der Waals surface area contributed by atoms with E-state index in [4.69, 9.17) is 8.85 Å². The first kappa shape index (κ1) is 20.5. The third-order valence-corrected chi connectivity index (χ3v) is 5.45. The lowest BCUT2D eigenvalue weighted by Crippen LogP contribution is -2.60. The van der Waals surface area contributed by atoms with Crippen LogP contribution in [-0.2, 0) is 18.4 Å². The molecule has 1 saturated heterocycles. The van der Waals surface area contributed by atoms with E-state index in [1.54, 1.807) is 4.90 Å². The van der Waals surface area contributed by atoms with Crippen LogP contribution in [0.2, 0.25) is 39.3 Å². The Morgan fingerprint density at radius 1 is 1.26 bits per heavy atom. The Morgan fingerprint density at radius 3 is 2.13 bits per heavy atom. The quantitative estimate of drug-likeness (QED) is 0.558. The molecule has 3 unspecified atom stereocenters. The molecular formula is C15H32N2O4Si2. The lowest BCUT2D eigenvalue weighted by Gasteiger charge is -2.33. The molecule has 1 N–H and O–H groups in total. The summed E-state index contributed by atoms with van der Waals surface area (Å²) in [5.41, 5.74) is -1.61. The minimum atomic E-state index is -2.14. The summed E-state index contributed by atoms with van der Waals surface area (Å²) in [6.45, 7) is 17.4. The van der Waals surface area contributed by atoms with Gasteiger partial charge in [-0.1, -0.05) is 6.92 Å². The predicted octanol–water partition coefficient (Wildman–Crippen LogP) is 2.49. The number of hydrogen-bond acceptors (Lipinski definition) is 5. The van der Waals surface area contributed by atoms with E-state index in [1.165, 1.54) is 6.92 Å². The zero-order valence-corrected chi connectivity index (χ0v) is 17.9. The summed E-state index contributed by atoms with van der Waals surface area (Å²) in [5.74, 6) is -0.648. The van der Waals surface area contributed by atoms with Crippen molar-refractivity contribution in [2.45, 2.75) is 84.6 Å². The van der Waals surface area contributed by atoms with Crippen LogP contribution in [0.15, 0.2) is 0 Å². The minimum Gasteiger partial charge on any atom is -0.387 e. The molecule has 0 spiro atoms. The molecule has 6 nitrogen and oxygen atoms in total. The van der Waals surface area contributed by atoms with Crippen molar-refractivity contribution in [2.24, 2.45) is 0 Å². The van der Waals surface area contributed by atoms with E-state index in [-0.39, 0.29) is 17.7 Å². The summed E-state index contributed by atoms with van der Waals surface area (Å²) in [6, 6.07) is -0.0391. The second-order valence-corrected chi connectivity index (χ2v) is 17.0. The fourth-order valence-electron chi connectivity index (χ4n) is 2.50. The summed E-state index contributed by atoms with van der Waals surface area (Å²) >= 11 is 0. The molecule has 1 aliphatic heterocycles. The predicted molar refractivity (Wildman–Crippen MR) is 95.8 cm³/mol. The molecule has 1 fully saturated rings. The Bertz CT molecular complexity index is 473. The van der Waals surface area contributed by atoms with Gasteiger partial charge in [0.2, 0.25) is 0 Å². The smallest absolute Gasteiger partial charge is 0.280 e. The van der Waals surface area contributed by atoms with E-state index in [0.717, 1.165) is 6.42 Å². The highest BCUT2D eigenvalue weighted by Gasteiger charge is 2.59. The molecular weight excluding hydrogens is 328 g/mol. The Labute approximate surface area is 142 Å². The van der Waals surface area contributed by atoms with Gasteiger partial charge < -0.3 is 8.85 Å². The maximum Gasteiger partial charge on any atom is 0.280 e. The highest BCUT2D eigenvalue weighted by molar-refractivity contribution is 6.70. The average Bonchev–Trinajstić information content (AvgIpc) is 2.58. The number of rotatable bonds is 7. The third-order valence-electron chi connectivity index (χ3n) is 3.60. The van der Waals surface area contributed by atoms with Crippen LogP contribution in [0, 0.1) is 0 Å². The molecule has 1 heterocycles. The normalized spacial score (nSPS) is 27.4. The van der Waals surface area contributed by atoms with Gasteiger partial charge in [-0.15, -0.1) is 0 Å². The van der Waals surface area contributed by atoms with Crippen molar-refractivity contribution in [2.75, 3.05) is 0 Å². The lowest BCUT2D eigenvalue weighted by atomic mass is 10.1. The fourth-order valence-corrected chi connectivity index (χ4v) is 4.55. The van der Waals surface area contributed by atoms with Crippen molar-refractivity contribution < 1.29 is 18.4 Å². The van der Waals surface area contributed by atoms with Gasteiger partial charge in [-0.25, -0.2) is 5.32 Å². The van der Waals surface area contributed by atoms with Gasteiger partial charge in [-0.3, -0.25) is 14.5 Å². The molecule has 0 aromatic rings. The van der Waals surface area contributed by atoms with Gasteiger partial charge in [0.25, 0.3) is 11.6 Å². The van der Waals surface area contributed by atoms with Crippen molar-refractivity contribution in [1.29, 1.82) is 0 Å². The fraction of sp³-hybridized carbons (Fsp3) is 0.867. The molecule has 0 radical (unpaired) electrons. The number of Topliss-reactive ketones (excluding diaryl/α,β-unsaturated/α-hetero) is 1. The maximum absolute atomic E-state index is 13.1. The van der Waals surface area contributed by atoms with Crippen molar-refractivity contribution in [3.05, 3.63) is 0 Å². The first-order valence-electron chi connectivity index (χ1n) is 8.23. The van der Waals surface area contributed by atoms with E-state index in [9.17, 15) is 9.59 Å². The summed E-state index contributed by atoms with van der Waals surface area (Å²) < 4.78 is 12.2. The third kappa shape index (κ3) is 4.72. The van der Waals surface area contributed by atoms with Gasteiger partial charge >= 0.3 is 0 Å². The van der Waals surface area contributed by atoms with Gasteiger partial charge in [-0.2, -0.15) is 0 Å². The average molecular weight is 361 g/mol. The molecule has 8 heteroatoms. The van der Waals surface area contributed by atoms with Crippen LogP contribution in [-0.4, -0.2) is 51.3 Å². The number of carbonyl (C=O) groups is 2. The summed E-state index contributed by atoms with van der Waals surface area (Å²) in [4.78, 5) is 27.1. The highest BCUT2D eigenvalue weighted by Crippen LogP contribution is 2.31. The molecule has 23 heavy (non-hydrogen) atoms. The molecule has 0 saturated carbocycles. The standard InChI is InChI=1S/C15H32N2O4Si2/c1-10-11(2)17-13(19)15(12(3)18,21-23(7,8)9)16-14(17)20-22(4,5)6/h11,14,16H,10H2,1-9H3. The van der Waals surface area contributed by atoms with Crippen LogP contribution < -0.4 is 5.32 Å². The SMILES string of the molecule is CCC(C)N1C(=O)C(O[Si](C)(C)C)(C(C)=O)NC1O[Si](C)(C)C. The number of amides is 1. The second-order valence-electron chi connectivity index (χ2n) is 8.15. The van der Waals surface area contributed by atoms with E-state index in [1.807, 2.05) is 33.5 Å². The van der Waals surface area contributed by atoms with E-state index < -0.39 is 28.7 Å². The number of ketones is 1. The van der Waals surface area contributed by atoms with Crippen LogP contribution in [0.5, 0.6) is 0 Å². The molecule has 0 bridgehead atoms. The van der Waals surface area contributed by atoms with Gasteiger partial charge in [0, 0.05) is 6.04 Å². The molecule has 0 aromatic carbocycles. The van der Waals surface area contributed by atoms with Gasteiger partial charge in [0.15, 0.2) is 28.8 Å². The monoisotopic (exact) mass is 360 g/mol. The van der Waals surface area contributed by atoms with Crippen LogP contribution in [0.1, 0.15) is 27.2 Å². The summed E-state index contributed by atoms with van der Waals surface area (Å²) in [5, 5.41) is 3.08. The van der Waals surface area contributed by atoms with Gasteiger partial charge in [0.05, 0.1) is 0 Å². The van der Waals surface area contributed by atoms with Crippen molar-refractivity contribution >= 4 is 28.3 Å². The Hall–Kier alpha value is -0.546. The summed E-state index contributed by atoms with van der Waals surface area (Å²) in [7, 11) is -4.06. The van der Waals surface area contributed by atoms with Crippen molar-refractivity contribution in [3.8, 4) is 0 Å². The highest BCUT2D eigenvalue weighted by atomic mass is 28.4. The molecule has 1 rings (SSSR count). The summed E-state index contributed by atoms with van der Waals surface area (Å²) in [6.07, 6.45) is 0.157. The number of hydrogen-bond donors (Lipinski definition) is 1. The van der Waals surface area contributed by atoms with E-state index in [2.05, 4.69) is 25.0 Å². The van der Waals surface area contributed by atoms with Crippen LogP contribution in [0.4, 0.5) is 0 Å². The first-order valence-corrected chi connectivity index (χ1v) is 15.0. The van der Waals surface area contributed by atoms with Gasteiger partial charge in [-0.05, 0) is 59.6 Å². The zero-order valence-electron chi connectivity index (χ0n) is 15.9. The zero-order chi connectivity index (χ0) is 18.2. The minimum absolute atomic E-state index is 0.0391. The molecule has 134 valence electrons. The number of nitrogens with zero attached hydrogens (tertiary/aromatic N) is 1. The number of nitrogens with one attached hydrogen (secondary N) is 1. The Balaban J connectivity index is 3.29. The van der Waals surface area contributed by atoms with Crippen LogP contribution >= 0.6 is 0 Å². The van der Waals surface area contributed by atoms with E-state index >= 15 is 0 Å². The Kier molecular flexibility index (Phi) is 6.02. The Morgan fingerprint density at radius 2 is 1.78 bits per heavy atom. The second kappa shape index (κ2) is 6.75. The molecule has 0 aromatic heterocycles. The number of carbonyl (C=O) groups excluding carboxylic acids is 2. The maximum atomic E-state index is 13.1. The van der Waals surface area contributed by atoms with Gasteiger partial charge in [0.1, 0.15) is 0 Å². The topological polar surface area (TPSA) is 67.9 Å². The largest absolute Gasteiger partial charge is 0.387 e. The van der Waals surface area contributed by atoms with Crippen molar-refractivity contribution in [1.82, 2.24) is 10.2 Å². The van der Waals surface area contributed by atoms with Crippen LogP contribution in [0.3, 0.4) is 0 Å².